The maximum atomic E-state index is 11.8. The highest BCUT2D eigenvalue weighted by Crippen LogP contribution is 2.43. The molecule has 25 heavy (non-hydrogen) atoms. The molecule has 0 radical (unpaired) electrons. The summed E-state index contributed by atoms with van der Waals surface area (Å²) in [6.07, 6.45) is 8.19. The molecule has 5 heteroatoms. The van der Waals surface area contributed by atoms with Crippen molar-refractivity contribution in [1.29, 1.82) is 0 Å². The lowest BCUT2D eigenvalue weighted by Crippen LogP contribution is -2.41. The van der Waals surface area contributed by atoms with Crippen molar-refractivity contribution in [3.63, 3.8) is 0 Å². The molecule has 1 aromatic carbocycles. The van der Waals surface area contributed by atoms with Gasteiger partial charge in [0.1, 0.15) is 0 Å². The quantitative estimate of drug-likeness (QED) is 0.656. The molecular weight excluding hydrogens is 312 g/mol. The molecule has 2 N–H and O–H groups in total. The number of carbonyl (C=O) groups excluding carboxylic acids is 1. The number of benzene rings is 1. The fourth-order valence-corrected chi connectivity index (χ4v) is 4.31. The van der Waals surface area contributed by atoms with Gasteiger partial charge in [-0.05, 0) is 42.4 Å². The van der Waals surface area contributed by atoms with E-state index in [0.717, 1.165) is 24.6 Å². The summed E-state index contributed by atoms with van der Waals surface area (Å²) < 4.78 is 0. The molecule has 3 rings (SSSR count). The predicted molar refractivity (Wildman–Crippen MR) is 102 cm³/mol. The van der Waals surface area contributed by atoms with Gasteiger partial charge in [0.2, 0.25) is 0 Å². The van der Waals surface area contributed by atoms with E-state index in [4.69, 9.17) is 0 Å². The van der Waals surface area contributed by atoms with Gasteiger partial charge in [0.05, 0.1) is 0 Å². The number of carbonyl (C=O) groups is 1. The number of guanidine groups is 1. The largest absolute Gasteiger partial charge is 0.355 e. The minimum absolute atomic E-state index is 0.0509. The second kappa shape index (κ2) is 7.89. The fourth-order valence-electron chi connectivity index (χ4n) is 4.31. The van der Waals surface area contributed by atoms with E-state index in [9.17, 15) is 4.79 Å². The van der Waals surface area contributed by atoms with Gasteiger partial charge in [-0.1, -0.05) is 31.4 Å². The standard InChI is InChI=1S/C20H30N4O/c1-21-18(25)17-8-6-7-16(13-17)14-23-19(22-2)24-12-11-20(15-24)9-4-3-5-10-20/h6-8,13H,3-5,9-12,14-15H2,1-2H3,(H,21,25)(H,22,23). The van der Waals surface area contributed by atoms with E-state index < -0.39 is 0 Å². The molecule has 1 spiro atoms. The molecule has 1 aliphatic heterocycles. The number of hydrogen-bond donors (Lipinski definition) is 2. The molecule has 0 bridgehead atoms. The average Bonchev–Trinajstić information content (AvgIpc) is 3.05. The fraction of sp³-hybridized carbons (Fsp3) is 0.600. The van der Waals surface area contributed by atoms with Crippen LogP contribution in [0.4, 0.5) is 0 Å². The lowest BCUT2D eigenvalue weighted by Gasteiger charge is -2.33. The molecular formula is C20H30N4O. The molecule has 1 saturated heterocycles. The zero-order valence-electron chi connectivity index (χ0n) is 15.5. The first-order valence-corrected chi connectivity index (χ1v) is 9.42. The van der Waals surface area contributed by atoms with Crippen molar-refractivity contribution >= 4 is 11.9 Å². The van der Waals surface area contributed by atoms with Gasteiger partial charge in [-0.3, -0.25) is 9.79 Å². The van der Waals surface area contributed by atoms with Crippen LogP contribution in [0.25, 0.3) is 0 Å². The Morgan fingerprint density at radius 2 is 2.04 bits per heavy atom. The number of likely N-dealkylation sites (tertiary alicyclic amines) is 1. The monoisotopic (exact) mass is 342 g/mol. The minimum Gasteiger partial charge on any atom is -0.355 e. The Kier molecular flexibility index (Phi) is 5.61. The normalized spacial score (nSPS) is 19.9. The highest BCUT2D eigenvalue weighted by atomic mass is 16.1. The van der Waals surface area contributed by atoms with Crippen LogP contribution in [-0.2, 0) is 6.54 Å². The molecule has 1 aliphatic carbocycles. The van der Waals surface area contributed by atoms with Crippen LogP contribution >= 0.6 is 0 Å². The molecule has 1 aromatic rings. The Morgan fingerprint density at radius 1 is 1.24 bits per heavy atom. The van der Waals surface area contributed by atoms with Crippen LogP contribution in [0.1, 0.15) is 54.4 Å². The number of nitrogens with one attached hydrogen (secondary N) is 2. The van der Waals surface area contributed by atoms with Crippen molar-refractivity contribution in [3.05, 3.63) is 35.4 Å². The Morgan fingerprint density at radius 3 is 2.76 bits per heavy atom. The molecule has 0 atom stereocenters. The summed E-state index contributed by atoms with van der Waals surface area (Å²) in [5.41, 5.74) is 2.31. The van der Waals surface area contributed by atoms with Crippen molar-refractivity contribution in [2.24, 2.45) is 10.4 Å². The third-order valence-electron chi connectivity index (χ3n) is 5.73. The molecule has 1 amide bonds. The van der Waals surface area contributed by atoms with Crippen LogP contribution < -0.4 is 10.6 Å². The summed E-state index contributed by atoms with van der Waals surface area (Å²) >= 11 is 0. The van der Waals surface area contributed by atoms with Crippen LogP contribution in [0.5, 0.6) is 0 Å². The van der Waals surface area contributed by atoms with Crippen LogP contribution in [0, 0.1) is 5.41 Å². The van der Waals surface area contributed by atoms with Crippen molar-refractivity contribution in [2.75, 3.05) is 27.2 Å². The zero-order valence-corrected chi connectivity index (χ0v) is 15.5. The van der Waals surface area contributed by atoms with E-state index in [0.29, 0.717) is 17.5 Å². The van der Waals surface area contributed by atoms with Crippen molar-refractivity contribution in [1.82, 2.24) is 15.5 Å². The van der Waals surface area contributed by atoms with E-state index in [1.165, 1.54) is 38.5 Å². The SMILES string of the molecule is CN=C(NCc1cccc(C(=O)NC)c1)N1CCC2(CCCCC2)C1. The van der Waals surface area contributed by atoms with Gasteiger partial charge in [0.25, 0.3) is 5.91 Å². The number of nitrogens with zero attached hydrogens (tertiary/aromatic N) is 2. The van der Waals surface area contributed by atoms with Crippen LogP contribution in [0.2, 0.25) is 0 Å². The lowest BCUT2D eigenvalue weighted by molar-refractivity contribution is 0.0963. The van der Waals surface area contributed by atoms with Gasteiger partial charge in [0, 0.05) is 39.3 Å². The van der Waals surface area contributed by atoms with Crippen LogP contribution in [0.15, 0.2) is 29.3 Å². The lowest BCUT2D eigenvalue weighted by atomic mass is 9.73. The first kappa shape index (κ1) is 17.8. The predicted octanol–water partition coefficient (Wildman–Crippen LogP) is 2.78. The molecule has 1 heterocycles. The van der Waals surface area contributed by atoms with E-state index in [1.54, 1.807) is 7.05 Å². The Balaban J connectivity index is 1.59. The van der Waals surface area contributed by atoms with E-state index in [-0.39, 0.29) is 5.91 Å². The first-order chi connectivity index (χ1) is 12.2. The molecule has 136 valence electrons. The topological polar surface area (TPSA) is 56.7 Å². The third-order valence-corrected chi connectivity index (χ3v) is 5.73. The van der Waals surface area contributed by atoms with Gasteiger partial charge in [0.15, 0.2) is 5.96 Å². The summed E-state index contributed by atoms with van der Waals surface area (Å²) in [7, 11) is 3.51. The third kappa shape index (κ3) is 4.14. The average molecular weight is 342 g/mol. The van der Waals surface area contributed by atoms with E-state index >= 15 is 0 Å². The van der Waals surface area contributed by atoms with Gasteiger partial charge in [-0.25, -0.2) is 0 Å². The second-order valence-electron chi connectivity index (χ2n) is 7.41. The summed E-state index contributed by atoms with van der Waals surface area (Å²) in [5, 5.41) is 6.15. The number of aliphatic imine (C=N–C) groups is 1. The van der Waals surface area contributed by atoms with Crippen LogP contribution in [0.3, 0.4) is 0 Å². The number of amides is 1. The van der Waals surface area contributed by atoms with E-state index in [1.807, 2.05) is 31.3 Å². The van der Waals surface area contributed by atoms with Gasteiger partial charge < -0.3 is 15.5 Å². The van der Waals surface area contributed by atoms with Crippen molar-refractivity contribution in [2.45, 2.75) is 45.1 Å². The van der Waals surface area contributed by atoms with Gasteiger partial charge >= 0.3 is 0 Å². The molecule has 0 unspecified atom stereocenters. The van der Waals surface area contributed by atoms with Crippen molar-refractivity contribution in [3.8, 4) is 0 Å². The van der Waals surface area contributed by atoms with E-state index in [2.05, 4.69) is 20.5 Å². The number of rotatable bonds is 3. The molecule has 2 fully saturated rings. The smallest absolute Gasteiger partial charge is 0.251 e. The van der Waals surface area contributed by atoms with Gasteiger partial charge in [-0.15, -0.1) is 0 Å². The maximum absolute atomic E-state index is 11.8. The summed E-state index contributed by atoms with van der Waals surface area (Å²) in [4.78, 5) is 18.7. The van der Waals surface area contributed by atoms with Crippen molar-refractivity contribution < 1.29 is 4.79 Å². The molecule has 5 nitrogen and oxygen atoms in total. The van der Waals surface area contributed by atoms with Crippen LogP contribution in [-0.4, -0.2) is 44.0 Å². The number of hydrogen-bond acceptors (Lipinski definition) is 2. The Labute approximate surface area is 150 Å². The minimum atomic E-state index is -0.0509. The molecule has 0 aromatic heterocycles. The Hall–Kier alpha value is -2.04. The van der Waals surface area contributed by atoms with Gasteiger partial charge in [-0.2, -0.15) is 0 Å². The maximum Gasteiger partial charge on any atom is 0.251 e. The summed E-state index contributed by atoms with van der Waals surface area (Å²) in [6, 6.07) is 7.74. The highest BCUT2D eigenvalue weighted by Gasteiger charge is 2.39. The first-order valence-electron chi connectivity index (χ1n) is 9.42. The summed E-state index contributed by atoms with van der Waals surface area (Å²) in [6.45, 7) is 2.91. The Bertz CT molecular complexity index is 634. The molecule has 1 saturated carbocycles. The molecule has 2 aliphatic rings. The summed E-state index contributed by atoms with van der Waals surface area (Å²) in [5.74, 6) is 0.929. The highest BCUT2D eigenvalue weighted by molar-refractivity contribution is 5.94. The second-order valence-corrected chi connectivity index (χ2v) is 7.41. The zero-order chi connectivity index (χ0) is 17.7.